The minimum Gasteiger partial charge on any atom is -0.377 e. The number of anilines is 2. The highest BCUT2D eigenvalue weighted by molar-refractivity contribution is 8.00. The zero-order valence-corrected chi connectivity index (χ0v) is 14.5. The number of pyridine rings is 1. The van der Waals surface area contributed by atoms with Crippen LogP contribution in [-0.2, 0) is 14.3 Å². The molecular formula is C17H23N3O3S. The van der Waals surface area contributed by atoms with E-state index < -0.39 is 0 Å². The highest BCUT2D eigenvalue weighted by atomic mass is 32.2. The van der Waals surface area contributed by atoms with Gasteiger partial charge in [-0.15, -0.1) is 11.8 Å². The van der Waals surface area contributed by atoms with Gasteiger partial charge in [0.25, 0.3) is 0 Å². The summed E-state index contributed by atoms with van der Waals surface area (Å²) in [6, 6.07) is 3.57. The minimum atomic E-state index is -0.0618. The molecule has 0 radical (unpaired) electrons. The van der Waals surface area contributed by atoms with Crippen LogP contribution in [0.4, 0.5) is 11.5 Å². The van der Waals surface area contributed by atoms with Crippen molar-refractivity contribution in [3.8, 4) is 0 Å². The Hall–Kier alpha value is -1.60. The Balaban J connectivity index is 1.41. The Bertz CT molecular complexity index is 573. The molecule has 2 saturated heterocycles. The number of nitrogens with zero attached hydrogens (tertiary/aromatic N) is 2. The maximum atomic E-state index is 12.0. The van der Waals surface area contributed by atoms with Crippen molar-refractivity contribution in [3.05, 3.63) is 18.3 Å². The fourth-order valence-electron chi connectivity index (χ4n) is 2.94. The maximum Gasteiger partial charge on any atom is 0.235 e. The third-order valence-electron chi connectivity index (χ3n) is 4.21. The van der Waals surface area contributed by atoms with Gasteiger partial charge in [-0.05, 0) is 37.8 Å². The molecule has 0 unspecified atom stereocenters. The summed E-state index contributed by atoms with van der Waals surface area (Å²) in [4.78, 5) is 29.6. The van der Waals surface area contributed by atoms with Gasteiger partial charge in [0.05, 0.1) is 23.7 Å². The van der Waals surface area contributed by atoms with Gasteiger partial charge < -0.3 is 15.0 Å². The number of carbonyl (C=O) groups excluding carboxylic acids is 2. The van der Waals surface area contributed by atoms with Crippen molar-refractivity contribution in [2.75, 3.05) is 34.9 Å². The number of hydrogen-bond acceptors (Lipinski definition) is 5. The van der Waals surface area contributed by atoms with Crippen molar-refractivity contribution in [3.63, 3.8) is 0 Å². The summed E-state index contributed by atoms with van der Waals surface area (Å²) < 4.78 is 5.65. The molecule has 7 heteroatoms. The molecule has 3 heterocycles. The molecule has 0 aromatic carbocycles. The monoisotopic (exact) mass is 349 g/mol. The molecule has 2 amide bonds. The molecule has 0 aliphatic carbocycles. The first kappa shape index (κ1) is 17.2. The molecule has 2 fully saturated rings. The first-order valence-electron chi connectivity index (χ1n) is 8.48. The topological polar surface area (TPSA) is 71.5 Å². The molecule has 1 atom stereocenters. The fourth-order valence-corrected chi connectivity index (χ4v) is 3.84. The number of rotatable bonds is 6. The molecule has 3 rings (SSSR count). The van der Waals surface area contributed by atoms with Crippen LogP contribution in [0.15, 0.2) is 18.3 Å². The second-order valence-corrected chi connectivity index (χ2v) is 7.13. The minimum absolute atomic E-state index is 0.0618. The highest BCUT2D eigenvalue weighted by Gasteiger charge is 2.21. The third kappa shape index (κ3) is 4.70. The van der Waals surface area contributed by atoms with Gasteiger partial charge in [0.15, 0.2) is 0 Å². The number of carbonyl (C=O) groups is 2. The van der Waals surface area contributed by atoms with E-state index in [1.165, 1.54) is 6.42 Å². The summed E-state index contributed by atoms with van der Waals surface area (Å²) in [5.74, 6) is 1.85. The lowest BCUT2D eigenvalue weighted by molar-refractivity contribution is -0.117. The second-order valence-electron chi connectivity index (χ2n) is 6.10. The van der Waals surface area contributed by atoms with Crippen molar-refractivity contribution in [1.82, 2.24) is 4.98 Å². The highest BCUT2D eigenvalue weighted by Crippen LogP contribution is 2.21. The number of ether oxygens (including phenoxy) is 1. The average molecular weight is 349 g/mol. The summed E-state index contributed by atoms with van der Waals surface area (Å²) >= 11 is 1.59. The van der Waals surface area contributed by atoms with Crippen LogP contribution in [0.2, 0.25) is 0 Å². The van der Waals surface area contributed by atoms with E-state index in [-0.39, 0.29) is 17.9 Å². The van der Waals surface area contributed by atoms with E-state index in [4.69, 9.17) is 4.74 Å². The van der Waals surface area contributed by atoms with Crippen LogP contribution in [0.3, 0.4) is 0 Å². The van der Waals surface area contributed by atoms with Crippen molar-refractivity contribution in [1.29, 1.82) is 0 Å². The number of thioether (sulfide) groups is 1. The average Bonchev–Trinajstić information content (AvgIpc) is 3.03. The summed E-state index contributed by atoms with van der Waals surface area (Å²) in [6.45, 7) is 1.58. The Morgan fingerprint density at radius 1 is 1.38 bits per heavy atom. The van der Waals surface area contributed by atoms with Crippen LogP contribution >= 0.6 is 11.8 Å². The van der Waals surface area contributed by atoms with Crippen LogP contribution in [0.5, 0.6) is 0 Å². The van der Waals surface area contributed by atoms with E-state index >= 15 is 0 Å². The summed E-state index contributed by atoms with van der Waals surface area (Å²) in [6.07, 6.45) is 6.86. The summed E-state index contributed by atoms with van der Waals surface area (Å²) in [5.41, 5.74) is 0.791. The van der Waals surface area contributed by atoms with E-state index in [1.54, 1.807) is 28.9 Å². The van der Waals surface area contributed by atoms with Crippen LogP contribution in [-0.4, -0.2) is 47.6 Å². The SMILES string of the molecule is O=C(CSC[C@H]1CCCCO1)Nc1ccc(N2CCCC2=O)cn1. The lowest BCUT2D eigenvalue weighted by Gasteiger charge is -2.21. The molecule has 1 N–H and O–H groups in total. The molecule has 0 saturated carbocycles. The molecule has 0 spiro atoms. The lowest BCUT2D eigenvalue weighted by atomic mass is 10.1. The van der Waals surface area contributed by atoms with Gasteiger partial charge in [-0.1, -0.05) is 0 Å². The van der Waals surface area contributed by atoms with Gasteiger partial charge in [0.1, 0.15) is 5.82 Å². The van der Waals surface area contributed by atoms with E-state index in [0.717, 1.165) is 43.9 Å². The fraction of sp³-hybridized carbons (Fsp3) is 0.588. The van der Waals surface area contributed by atoms with E-state index in [1.807, 2.05) is 6.07 Å². The molecule has 1 aromatic heterocycles. The smallest absolute Gasteiger partial charge is 0.235 e. The van der Waals surface area contributed by atoms with Crippen LogP contribution in [0.1, 0.15) is 32.1 Å². The van der Waals surface area contributed by atoms with Gasteiger partial charge in [0, 0.05) is 25.3 Å². The van der Waals surface area contributed by atoms with Gasteiger partial charge >= 0.3 is 0 Å². The van der Waals surface area contributed by atoms with E-state index in [0.29, 0.717) is 18.0 Å². The van der Waals surface area contributed by atoms with Gasteiger partial charge in [-0.2, -0.15) is 0 Å². The second kappa shape index (κ2) is 8.48. The molecule has 6 nitrogen and oxygen atoms in total. The van der Waals surface area contributed by atoms with Crippen molar-refractivity contribution in [2.45, 2.75) is 38.2 Å². The molecule has 1 aromatic rings. The van der Waals surface area contributed by atoms with Gasteiger partial charge in [-0.3, -0.25) is 9.59 Å². The van der Waals surface area contributed by atoms with Gasteiger partial charge in [0.2, 0.25) is 11.8 Å². The summed E-state index contributed by atoms with van der Waals surface area (Å²) in [7, 11) is 0. The van der Waals surface area contributed by atoms with Crippen molar-refractivity contribution < 1.29 is 14.3 Å². The van der Waals surface area contributed by atoms with E-state index in [2.05, 4.69) is 10.3 Å². The number of amides is 2. The largest absolute Gasteiger partial charge is 0.377 e. The summed E-state index contributed by atoms with van der Waals surface area (Å²) in [5, 5.41) is 2.79. The molecule has 2 aliphatic rings. The molecule has 2 aliphatic heterocycles. The predicted molar refractivity (Wildman–Crippen MR) is 95.4 cm³/mol. The first-order valence-corrected chi connectivity index (χ1v) is 9.63. The van der Waals surface area contributed by atoms with Crippen LogP contribution in [0, 0.1) is 0 Å². The number of hydrogen-bond donors (Lipinski definition) is 1. The first-order chi connectivity index (χ1) is 11.7. The van der Waals surface area contributed by atoms with Crippen molar-refractivity contribution in [2.24, 2.45) is 0 Å². The molecule has 130 valence electrons. The Kier molecular flexibility index (Phi) is 6.09. The van der Waals surface area contributed by atoms with Crippen molar-refractivity contribution >= 4 is 35.1 Å². The van der Waals surface area contributed by atoms with Crippen LogP contribution < -0.4 is 10.2 Å². The zero-order valence-electron chi connectivity index (χ0n) is 13.7. The van der Waals surface area contributed by atoms with Crippen LogP contribution in [0.25, 0.3) is 0 Å². The Morgan fingerprint density at radius 3 is 2.96 bits per heavy atom. The maximum absolute atomic E-state index is 12.0. The Morgan fingerprint density at radius 2 is 2.29 bits per heavy atom. The predicted octanol–water partition coefficient (Wildman–Crippen LogP) is 2.45. The Labute approximate surface area is 146 Å². The number of nitrogens with one attached hydrogen (secondary N) is 1. The molecular weight excluding hydrogens is 326 g/mol. The number of aromatic nitrogens is 1. The van der Waals surface area contributed by atoms with Gasteiger partial charge in [-0.25, -0.2) is 4.98 Å². The molecule has 0 bridgehead atoms. The zero-order chi connectivity index (χ0) is 16.8. The third-order valence-corrected chi connectivity index (χ3v) is 5.29. The normalized spacial score (nSPS) is 21.1. The quantitative estimate of drug-likeness (QED) is 0.854. The molecule has 24 heavy (non-hydrogen) atoms. The standard InChI is InChI=1S/C17H23N3O3S/c21-16(12-24-11-14-4-1-2-9-23-14)19-15-7-6-13(10-18-15)20-8-3-5-17(20)22/h6-7,10,14H,1-5,8-9,11-12H2,(H,18,19,21)/t14-/m1/s1. The lowest BCUT2D eigenvalue weighted by Crippen LogP contribution is -2.24. The van der Waals surface area contributed by atoms with E-state index in [9.17, 15) is 9.59 Å².